The van der Waals surface area contributed by atoms with Crippen LogP contribution in [0.4, 0.5) is 4.39 Å². The number of aliphatic carboxylic acids is 2. The third kappa shape index (κ3) is 2.65. The molecule has 5 nitrogen and oxygen atoms in total. The van der Waals surface area contributed by atoms with E-state index >= 15 is 0 Å². The Kier molecular flexibility index (Phi) is 4.04. The molecule has 0 saturated heterocycles. The molecule has 6 heteroatoms. The molecular formula is C14H15FO5. The molecule has 0 radical (unpaired) electrons. The van der Waals surface area contributed by atoms with Crippen molar-refractivity contribution >= 4 is 11.9 Å². The summed E-state index contributed by atoms with van der Waals surface area (Å²) in [5.41, 5.74) is 0.442. The molecule has 1 aromatic rings. The second-order valence-corrected chi connectivity index (χ2v) is 5.03. The van der Waals surface area contributed by atoms with Gasteiger partial charge in [0, 0.05) is 5.92 Å². The van der Waals surface area contributed by atoms with Crippen molar-refractivity contribution in [3.05, 3.63) is 35.6 Å². The molecule has 2 rings (SSSR count). The van der Waals surface area contributed by atoms with Gasteiger partial charge in [0.2, 0.25) is 0 Å². The van der Waals surface area contributed by atoms with E-state index in [1.54, 1.807) is 0 Å². The first kappa shape index (κ1) is 14.5. The van der Waals surface area contributed by atoms with Gasteiger partial charge < -0.3 is 15.3 Å². The van der Waals surface area contributed by atoms with Crippen molar-refractivity contribution in [2.24, 2.45) is 11.8 Å². The number of hydrogen-bond donors (Lipinski definition) is 3. The Bertz CT molecular complexity index is 513. The van der Waals surface area contributed by atoms with Gasteiger partial charge in [-0.2, -0.15) is 0 Å². The molecule has 3 N–H and O–H groups in total. The van der Waals surface area contributed by atoms with Crippen molar-refractivity contribution in [1.29, 1.82) is 0 Å². The molecular weight excluding hydrogens is 267 g/mol. The SMILES string of the molecule is O=C(O)[C@@H]1[C@@H](c2ccc(F)cc2)[C@H](O)CC[C@H]1C(=O)O. The van der Waals surface area contributed by atoms with Gasteiger partial charge in [0.25, 0.3) is 0 Å². The lowest BCUT2D eigenvalue weighted by molar-refractivity contribution is -0.159. The van der Waals surface area contributed by atoms with E-state index < -0.39 is 41.6 Å². The van der Waals surface area contributed by atoms with Gasteiger partial charge in [0.15, 0.2) is 0 Å². The molecule has 0 unspecified atom stereocenters. The predicted molar refractivity (Wildman–Crippen MR) is 66.6 cm³/mol. The van der Waals surface area contributed by atoms with Crippen LogP contribution >= 0.6 is 0 Å². The Morgan fingerprint density at radius 3 is 2.15 bits per heavy atom. The quantitative estimate of drug-likeness (QED) is 0.780. The summed E-state index contributed by atoms with van der Waals surface area (Å²) in [5.74, 6) is -6.03. The van der Waals surface area contributed by atoms with E-state index in [-0.39, 0.29) is 12.8 Å². The van der Waals surface area contributed by atoms with E-state index in [0.29, 0.717) is 5.56 Å². The van der Waals surface area contributed by atoms with Crippen molar-refractivity contribution in [1.82, 2.24) is 0 Å². The average molecular weight is 282 g/mol. The predicted octanol–water partition coefficient (Wildman–Crippen LogP) is 1.47. The van der Waals surface area contributed by atoms with Gasteiger partial charge in [-0.05, 0) is 30.5 Å². The Hall–Kier alpha value is -1.95. The second-order valence-electron chi connectivity index (χ2n) is 5.03. The molecule has 0 heterocycles. The average Bonchev–Trinajstić information content (AvgIpc) is 2.39. The third-order valence-electron chi connectivity index (χ3n) is 3.87. The van der Waals surface area contributed by atoms with Gasteiger partial charge in [0.1, 0.15) is 5.82 Å². The maximum absolute atomic E-state index is 12.9. The number of carboxylic acid groups (broad SMARTS) is 2. The fraction of sp³-hybridized carbons (Fsp3) is 0.429. The summed E-state index contributed by atoms with van der Waals surface area (Å²) in [6.07, 6.45) is -0.620. The van der Waals surface area contributed by atoms with Crippen LogP contribution in [0.1, 0.15) is 24.3 Å². The van der Waals surface area contributed by atoms with Crippen LogP contribution in [-0.4, -0.2) is 33.4 Å². The number of rotatable bonds is 3. The Labute approximate surface area is 114 Å². The number of aliphatic hydroxyl groups excluding tert-OH is 1. The number of carbonyl (C=O) groups is 2. The topological polar surface area (TPSA) is 94.8 Å². The molecule has 108 valence electrons. The maximum atomic E-state index is 12.9. The molecule has 0 aromatic heterocycles. The molecule has 20 heavy (non-hydrogen) atoms. The molecule has 0 aliphatic heterocycles. The van der Waals surface area contributed by atoms with E-state index in [4.69, 9.17) is 5.11 Å². The van der Waals surface area contributed by atoms with Crippen LogP contribution in [0.2, 0.25) is 0 Å². The number of aliphatic hydroxyl groups is 1. The summed E-state index contributed by atoms with van der Waals surface area (Å²) in [6, 6.07) is 5.13. The number of benzene rings is 1. The van der Waals surface area contributed by atoms with Crippen LogP contribution in [0.5, 0.6) is 0 Å². The van der Waals surface area contributed by atoms with Crippen LogP contribution in [0.25, 0.3) is 0 Å². The molecule has 0 amide bonds. The van der Waals surface area contributed by atoms with Crippen molar-refractivity contribution in [2.45, 2.75) is 24.9 Å². The van der Waals surface area contributed by atoms with Crippen molar-refractivity contribution < 1.29 is 29.3 Å². The molecule has 0 spiro atoms. The van der Waals surface area contributed by atoms with E-state index in [9.17, 15) is 24.2 Å². The lowest BCUT2D eigenvalue weighted by Gasteiger charge is -2.37. The molecule has 1 saturated carbocycles. The minimum atomic E-state index is -1.26. The Morgan fingerprint density at radius 2 is 1.65 bits per heavy atom. The van der Waals surface area contributed by atoms with Crippen LogP contribution in [-0.2, 0) is 9.59 Å². The van der Waals surface area contributed by atoms with E-state index in [2.05, 4.69) is 0 Å². The van der Waals surface area contributed by atoms with Crippen LogP contribution in [0.3, 0.4) is 0 Å². The van der Waals surface area contributed by atoms with Crippen molar-refractivity contribution in [3.8, 4) is 0 Å². The lowest BCUT2D eigenvalue weighted by atomic mass is 9.68. The zero-order valence-corrected chi connectivity index (χ0v) is 10.6. The first-order chi connectivity index (χ1) is 9.41. The highest BCUT2D eigenvalue weighted by atomic mass is 19.1. The maximum Gasteiger partial charge on any atom is 0.308 e. The molecule has 1 aliphatic rings. The minimum Gasteiger partial charge on any atom is -0.481 e. The zero-order chi connectivity index (χ0) is 14.9. The van der Waals surface area contributed by atoms with Gasteiger partial charge in [-0.25, -0.2) is 4.39 Å². The standard InChI is InChI=1S/C14H15FO5/c15-8-3-1-7(2-4-8)11-10(16)6-5-9(13(17)18)12(11)14(19)20/h1-4,9-12,16H,5-6H2,(H,17,18)(H,19,20)/t9-,10-,11+,12+/m1/s1. The highest BCUT2D eigenvalue weighted by Gasteiger charge is 2.46. The van der Waals surface area contributed by atoms with Crippen LogP contribution < -0.4 is 0 Å². The Morgan fingerprint density at radius 1 is 1.05 bits per heavy atom. The molecule has 0 bridgehead atoms. The van der Waals surface area contributed by atoms with Crippen LogP contribution in [0.15, 0.2) is 24.3 Å². The smallest absolute Gasteiger partial charge is 0.308 e. The normalized spacial score (nSPS) is 29.9. The van der Waals surface area contributed by atoms with Gasteiger partial charge >= 0.3 is 11.9 Å². The fourth-order valence-corrected chi connectivity index (χ4v) is 2.92. The largest absolute Gasteiger partial charge is 0.481 e. The van der Waals surface area contributed by atoms with E-state index in [0.717, 1.165) is 0 Å². The summed E-state index contributed by atoms with van der Waals surface area (Å²) in [5, 5.41) is 28.5. The molecule has 4 atom stereocenters. The van der Waals surface area contributed by atoms with E-state index in [1.165, 1.54) is 24.3 Å². The summed E-state index contributed by atoms with van der Waals surface area (Å²) < 4.78 is 12.9. The van der Waals surface area contributed by atoms with E-state index in [1.807, 2.05) is 0 Å². The molecule has 1 aromatic carbocycles. The highest BCUT2D eigenvalue weighted by molar-refractivity contribution is 5.81. The summed E-state index contributed by atoms with van der Waals surface area (Å²) >= 11 is 0. The Balaban J connectivity index is 2.41. The zero-order valence-electron chi connectivity index (χ0n) is 10.6. The molecule has 1 fully saturated rings. The van der Waals surface area contributed by atoms with Gasteiger partial charge in [-0.15, -0.1) is 0 Å². The number of halogens is 1. The van der Waals surface area contributed by atoms with Gasteiger partial charge in [-0.3, -0.25) is 9.59 Å². The first-order valence-corrected chi connectivity index (χ1v) is 6.31. The molecule has 1 aliphatic carbocycles. The monoisotopic (exact) mass is 282 g/mol. The highest BCUT2D eigenvalue weighted by Crippen LogP contribution is 2.42. The summed E-state index contributed by atoms with van der Waals surface area (Å²) in [4.78, 5) is 22.6. The first-order valence-electron chi connectivity index (χ1n) is 6.31. The van der Waals surface area contributed by atoms with Crippen molar-refractivity contribution in [2.75, 3.05) is 0 Å². The summed E-state index contributed by atoms with van der Waals surface area (Å²) in [7, 11) is 0. The summed E-state index contributed by atoms with van der Waals surface area (Å²) in [6.45, 7) is 0. The third-order valence-corrected chi connectivity index (χ3v) is 3.87. The minimum absolute atomic E-state index is 0.116. The van der Waals surface area contributed by atoms with Gasteiger partial charge in [0.05, 0.1) is 17.9 Å². The fourth-order valence-electron chi connectivity index (χ4n) is 2.92. The van der Waals surface area contributed by atoms with Crippen LogP contribution in [0, 0.1) is 17.7 Å². The van der Waals surface area contributed by atoms with Gasteiger partial charge in [-0.1, -0.05) is 12.1 Å². The second kappa shape index (κ2) is 5.58. The number of hydrogen-bond acceptors (Lipinski definition) is 3. The lowest BCUT2D eigenvalue weighted by Crippen LogP contribution is -2.43. The van der Waals surface area contributed by atoms with Crippen molar-refractivity contribution in [3.63, 3.8) is 0 Å². The number of carboxylic acids is 2.